The summed E-state index contributed by atoms with van der Waals surface area (Å²) in [6, 6.07) is 5.68. The first-order valence-electron chi connectivity index (χ1n) is 10.5. The molecule has 0 amide bonds. The number of rotatable bonds is 6. The van der Waals surface area contributed by atoms with E-state index in [2.05, 4.69) is 9.97 Å². The lowest BCUT2D eigenvalue weighted by molar-refractivity contribution is 0.407. The lowest BCUT2D eigenvalue weighted by Crippen LogP contribution is -2.20. The van der Waals surface area contributed by atoms with Gasteiger partial charge in [0.2, 0.25) is 0 Å². The number of nitrogens with zero attached hydrogens (tertiary/aromatic N) is 3. The van der Waals surface area contributed by atoms with Crippen LogP contribution in [0.5, 0.6) is 11.8 Å². The molecule has 1 fully saturated rings. The zero-order valence-corrected chi connectivity index (χ0v) is 19.0. The Hall–Kier alpha value is -3.14. The Labute approximate surface area is 190 Å². The van der Waals surface area contributed by atoms with E-state index in [1.807, 2.05) is 0 Å². The minimum Gasteiger partial charge on any atom is -0.421 e. The predicted octanol–water partition coefficient (Wildman–Crippen LogP) is 4.08. The fraction of sp³-hybridized carbons (Fsp3) is 0.348. The van der Waals surface area contributed by atoms with Crippen LogP contribution < -0.4 is 10.3 Å². The average molecular weight is 476 g/mol. The third-order valence-corrected chi connectivity index (χ3v) is 7.86. The first kappa shape index (κ1) is 23.0. The number of hydrogen-bond acceptors (Lipinski definition) is 6. The topological polar surface area (TPSA) is 91.2 Å². The number of benzene rings is 1. The van der Waals surface area contributed by atoms with E-state index in [0.29, 0.717) is 35.7 Å². The molecule has 0 bridgehead atoms. The molecule has 0 N–H and O–H groups in total. The maximum absolute atomic E-state index is 14.1. The maximum Gasteiger partial charge on any atom is 0.322 e. The second-order valence-corrected chi connectivity index (χ2v) is 10.5. The largest absolute Gasteiger partial charge is 0.421 e. The van der Waals surface area contributed by atoms with Crippen LogP contribution in [0, 0.1) is 18.6 Å². The van der Waals surface area contributed by atoms with E-state index >= 15 is 0 Å². The van der Waals surface area contributed by atoms with Gasteiger partial charge in [0.15, 0.2) is 21.4 Å². The summed E-state index contributed by atoms with van der Waals surface area (Å²) in [7, 11) is -1.87. The monoisotopic (exact) mass is 475 g/mol. The fourth-order valence-electron chi connectivity index (χ4n) is 3.99. The number of sulfone groups is 1. The van der Waals surface area contributed by atoms with Crippen LogP contribution in [-0.2, 0) is 22.6 Å². The van der Waals surface area contributed by atoms with Crippen molar-refractivity contribution < 1.29 is 21.9 Å². The van der Waals surface area contributed by atoms with Gasteiger partial charge in [0.1, 0.15) is 5.82 Å². The first-order valence-corrected chi connectivity index (χ1v) is 12.2. The number of aromatic nitrogens is 3. The highest BCUT2D eigenvalue weighted by atomic mass is 32.2. The summed E-state index contributed by atoms with van der Waals surface area (Å²) < 4.78 is 60.1. The molecule has 1 saturated carbocycles. The Morgan fingerprint density at radius 1 is 1.12 bits per heavy atom. The van der Waals surface area contributed by atoms with Crippen LogP contribution in [0.4, 0.5) is 8.78 Å². The van der Waals surface area contributed by atoms with Crippen molar-refractivity contribution in [3.63, 3.8) is 0 Å². The van der Waals surface area contributed by atoms with E-state index in [-0.39, 0.29) is 28.8 Å². The van der Waals surface area contributed by atoms with Crippen LogP contribution in [0.1, 0.15) is 36.9 Å². The summed E-state index contributed by atoms with van der Waals surface area (Å²) in [5.74, 6) is -2.32. The highest BCUT2D eigenvalue weighted by molar-refractivity contribution is 7.91. The van der Waals surface area contributed by atoms with Crippen LogP contribution in [0.25, 0.3) is 11.3 Å². The maximum atomic E-state index is 14.1. The van der Waals surface area contributed by atoms with E-state index < -0.39 is 26.7 Å². The third kappa shape index (κ3) is 5.11. The van der Waals surface area contributed by atoms with Crippen LogP contribution in [-0.4, -0.2) is 28.2 Å². The average Bonchev–Trinajstić information content (AvgIpc) is 3.29. The minimum atomic E-state index is -3.46. The highest BCUT2D eigenvalue weighted by Crippen LogP contribution is 2.29. The van der Waals surface area contributed by atoms with Gasteiger partial charge in [-0.25, -0.2) is 17.2 Å². The van der Waals surface area contributed by atoms with E-state index in [0.717, 1.165) is 25.0 Å². The Balaban J connectivity index is 1.78. The lowest BCUT2D eigenvalue weighted by Gasteiger charge is -2.13. The summed E-state index contributed by atoms with van der Waals surface area (Å²) in [5.41, 5.74) is 1.34. The van der Waals surface area contributed by atoms with Gasteiger partial charge in [-0.3, -0.25) is 4.79 Å². The van der Waals surface area contributed by atoms with Crippen LogP contribution in [0.2, 0.25) is 0 Å². The van der Waals surface area contributed by atoms with Crippen molar-refractivity contribution in [3.8, 4) is 23.0 Å². The molecular weight excluding hydrogens is 452 g/mol. The Morgan fingerprint density at radius 2 is 1.85 bits per heavy atom. The molecule has 0 radical (unpaired) electrons. The summed E-state index contributed by atoms with van der Waals surface area (Å²) in [4.78, 5) is 20.6. The molecule has 0 spiro atoms. The molecule has 0 unspecified atom stereocenters. The van der Waals surface area contributed by atoms with Gasteiger partial charge >= 0.3 is 6.01 Å². The van der Waals surface area contributed by atoms with Gasteiger partial charge in [-0.05, 0) is 44.0 Å². The van der Waals surface area contributed by atoms with Crippen molar-refractivity contribution in [1.82, 2.24) is 14.5 Å². The Bertz CT molecular complexity index is 1340. The molecule has 0 atom stereocenters. The molecule has 3 aromatic rings. The van der Waals surface area contributed by atoms with E-state index in [9.17, 15) is 22.0 Å². The Morgan fingerprint density at radius 3 is 2.52 bits per heavy atom. The number of aryl methyl sites for hydroxylation is 2. The predicted molar refractivity (Wildman–Crippen MR) is 119 cm³/mol. The lowest BCUT2D eigenvalue weighted by atomic mass is 10.1. The molecular formula is C23H23F2N3O4S. The van der Waals surface area contributed by atoms with Crippen molar-refractivity contribution in [2.45, 2.75) is 43.6 Å². The quantitative estimate of drug-likeness (QED) is 0.534. The number of halogens is 2. The van der Waals surface area contributed by atoms with Crippen molar-refractivity contribution in [1.29, 1.82) is 0 Å². The number of ether oxygens (including phenoxy) is 1. The van der Waals surface area contributed by atoms with Gasteiger partial charge in [-0.2, -0.15) is 9.97 Å². The molecule has 1 aliphatic carbocycles. The number of hydrogen-bond donors (Lipinski definition) is 0. The second kappa shape index (κ2) is 9.01. The van der Waals surface area contributed by atoms with E-state index in [4.69, 9.17) is 4.74 Å². The van der Waals surface area contributed by atoms with Crippen molar-refractivity contribution in [2.24, 2.45) is 7.05 Å². The zero-order valence-electron chi connectivity index (χ0n) is 18.2. The fourth-order valence-corrected chi connectivity index (χ4v) is 5.83. The molecule has 174 valence electrons. The third-order valence-electron chi connectivity index (χ3n) is 5.67. The molecule has 7 nitrogen and oxygen atoms in total. The van der Waals surface area contributed by atoms with E-state index in [1.54, 1.807) is 26.2 Å². The summed E-state index contributed by atoms with van der Waals surface area (Å²) in [6.07, 6.45) is 4.53. The van der Waals surface area contributed by atoms with Crippen molar-refractivity contribution in [3.05, 3.63) is 69.8 Å². The normalized spacial score (nSPS) is 14.5. The molecule has 33 heavy (non-hydrogen) atoms. The van der Waals surface area contributed by atoms with Gasteiger partial charge in [0, 0.05) is 30.4 Å². The smallest absolute Gasteiger partial charge is 0.322 e. The molecule has 10 heteroatoms. The standard InChI is InChI=1S/C23H23F2N3O4S/c1-14-9-15(12-28(2)22(14)29)20-11-17(13-33(30,31)18-5-3-4-6-18)26-23(27-20)32-21-8-7-16(24)10-19(21)25/h7-12,18H,3-6,13H2,1-2H3. The molecule has 1 aliphatic rings. The SMILES string of the molecule is Cc1cc(-c2cc(CS(=O)(=O)C3CCCC3)nc(Oc3ccc(F)cc3F)n2)cn(C)c1=O. The second-order valence-electron chi connectivity index (χ2n) is 8.25. The van der Waals surface area contributed by atoms with Crippen LogP contribution >= 0.6 is 0 Å². The Kier molecular flexibility index (Phi) is 6.29. The van der Waals surface area contributed by atoms with Crippen molar-refractivity contribution >= 4 is 9.84 Å². The molecule has 0 saturated heterocycles. The van der Waals surface area contributed by atoms with Crippen LogP contribution in [0.3, 0.4) is 0 Å². The molecule has 4 rings (SSSR count). The van der Waals surface area contributed by atoms with Gasteiger partial charge in [0.25, 0.3) is 5.56 Å². The summed E-state index contributed by atoms with van der Waals surface area (Å²) in [5, 5.41) is -0.422. The minimum absolute atomic E-state index is 0.179. The van der Waals surface area contributed by atoms with Gasteiger partial charge in [-0.1, -0.05) is 12.8 Å². The highest BCUT2D eigenvalue weighted by Gasteiger charge is 2.29. The first-order chi connectivity index (χ1) is 15.6. The molecule has 1 aromatic carbocycles. The summed E-state index contributed by atoms with van der Waals surface area (Å²) >= 11 is 0. The van der Waals surface area contributed by atoms with Gasteiger partial charge < -0.3 is 9.30 Å². The number of pyridine rings is 1. The van der Waals surface area contributed by atoms with Crippen molar-refractivity contribution in [2.75, 3.05) is 0 Å². The zero-order chi connectivity index (χ0) is 23.8. The van der Waals surface area contributed by atoms with Crippen LogP contribution in [0.15, 0.2) is 41.3 Å². The molecule has 2 heterocycles. The molecule has 2 aromatic heterocycles. The van der Waals surface area contributed by atoms with Gasteiger partial charge in [-0.15, -0.1) is 0 Å². The van der Waals surface area contributed by atoms with Gasteiger partial charge in [0.05, 0.1) is 22.4 Å². The summed E-state index contributed by atoms with van der Waals surface area (Å²) in [6.45, 7) is 1.66. The van der Waals surface area contributed by atoms with E-state index in [1.165, 1.54) is 10.6 Å². The molecule has 0 aliphatic heterocycles.